The molecule has 4 unspecified atom stereocenters. The molecule has 1 N–H and O–H groups in total. The second kappa shape index (κ2) is 7.67. The molecular weight excluding hydrogens is 230 g/mol. The van der Waals surface area contributed by atoms with E-state index in [0.717, 1.165) is 29.7 Å². The molecule has 0 aromatic carbocycles. The molecule has 2 aliphatic carbocycles. The normalized spacial score (nSPS) is 36.6. The van der Waals surface area contributed by atoms with Crippen LogP contribution in [0.25, 0.3) is 0 Å². The van der Waals surface area contributed by atoms with Crippen LogP contribution in [0.3, 0.4) is 0 Å². The molecule has 0 spiro atoms. The molecule has 0 heterocycles. The smallest absolute Gasteiger partial charge is 0.00698 e. The summed E-state index contributed by atoms with van der Waals surface area (Å²) >= 11 is 0. The van der Waals surface area contributed by atoms with Crippen molar-refractivity contribution in [3.63, 3.8) is 0 Å². The Morgan fingerprint density at radius 1 is 1.00 bits per heavy atom. The van der Waals surface area contributed by atoms with E-state index in [1.54, 1.807) is 0 Å². The zero-order valence-electron chi connectivity index (χ0n) is 13.5. The van der Waals surface area contributed by atoms with E-state index in [2.05, 4.69) is 26.1 Å². The van der Waals surface area contributed by atoms with E-state index in [4.69, 9.17) is 0 Å². The first-order valence-electron chi connectivity index (χ1n) is 8.88. The minimum absolute atomic E-state index is 0.821. The van der Waals surface area contributed by atoms with Crippen molar-refractivity contribution in [3.8, 4) is 0 Å². The summed E-state index contributed by atoms with van der Waals surface area (Å²) < 4.78 is 0. The van der Waals surface area contributed by atoms with Crippen LogP contribution in [0.1, 0.15) is 78.6 Å². The molecule has 0 aromatic rings. The van der Waals surface area contributed by atoms with Crippen molar-refractivity contribution in [2.75, 3.05) is 6.54 Å². The maximum absolute atomic E-state index is 3.87. The largest absolute Gasteiger partial charge is 0.314 e. The molecule has 4 atom stereocenters. The minimum atomic E-state index is 0.821. The van der Waals surface area contributed by atoms with E-state index in [0.29, 0.717) is 0 Å². The lowest BCUT2D eigenvalue weighted by molar-refractivity contribution is 0.221. The van der Waals surface area contributed by atoms with E-state index >= 15 is 0 Å². The van der Waals surface area contributed by atoms with Crippen molar-refractivity contribution in [1.29, 1.82) is 0 Å². The first-order valence-corrected chi connectivity index (χ1v) is 8.88. The van der Waals surface area contributed by atoms with Crippen molar-refractivity contribution < 1.29 is 0 Å². The van der Waals surface area contributed by atoms with E-state index in [9.17, 15) is 0 Å². The standard InChI is InChI=1S/C18H35N/c1-14(2)17-8-5-9-18(13-17)19-11-10-16-7-4-6-15(3)12-16/h14-19H,4-13H2,1-3H3. The highest BCUT2D eigenvalue weighted by Gasteiger charge is 2.24. The zero-order valence-corrected chi connectivity index (χ0v) is 13.5. The Morgan fingerprint density at radius 3 is 2.53 bits per heavy atom. The average Bonchev–Trinajstić information content (AvgIpc) is 2.39. The highest BCUT2D eigenvalue weighted by Crippen LogP contribution is 2.32. The molecule has 1 nitrogen and oxygen atoms in total. The van der Waals surface area contributed by atoms with Gasteiger partial charge in [0.1, 0.15) is 0 Å². The third-order valence-corrected chi connectivity index (χ3v) is 5.69. The molecule has 0 amide bonds. The fraction of sp³-hybridized carbons (Fsp3) is 1.00. The monoisotopic (exact) mass is 265 g/mol. The topological polar surface area (TPSA) is 12.0 Å². The molecule has 2 saturated carbocycles. The summed E-state index contributed by atoms with van der Waals surface area (Å²) in [4.78, 5) is 0. The third-order valence-electron chi connectivity index (χ3n) is 5.69. The SMILES string of the molecule is CC1CCCC(CCNC2CCCC(C(C)C)C2)C1. The van der Waals surface area contributed by atoms with Crippen molar-refractivity contribution in [2.24, 2.45) is 23.7 Å². The van der Waals surface area contributed by atoms with Gasteiger partial charge in [0.15, 0.2) is 0 Å². The summed E-state index contributed by atoms with van der Waals surface area (Å²) in [5.74, 6) is 3.85. The van der Waals surface area contributed by atoms with Gasteiger partial charge in [0.2, 0.25) is 0 Å². The van der Waals surface area contributed by atoms with Crippen molar-refractivity contribution >= 4 is 0 Å². The predicted octanol–water partition coefficient (Wildman–Crippen LogP) is 5.01. The van der Waals surface area contributed by atoms with Gasteiger partial charge in [0, 0.05) is 6.04 Å². The molecular formula is C18H35N. The molecule has 2 fully saturated rings. The van der Waals surface area contributed by atoms with Crippen LogP contribution in [-0.2, 0) is 0 Å². The van der Waals surface area contributed by atoms with Gasteiger partial charge in [0.05, 0.1) is 0 Å². The Kier molecular flexibility index (Phi) is 6.19. The lowest BCUT2D eigenvalue weighted by Gasteiger charge is -2.33. The second-order valence-electron chi connectivity index (χ2n) is 7.75. The van der Waals surface area contributed by atoms with E-state index in [1.807, 2.05) is 0 Å². The summed E-state index contributed by atoms with van der Waals surface area (Å²) in [6.07, 6.45) is 13.1. The quantitative estimate of drug-likeness (QED) is 0.737. The lowest BCUT2D eigenvalue weighted by Crippen LogP contribution is -2.36. The number of rotatable bonds is 5. The first kappa shape index (κ1) is 15.4. The number of nitrogens with one attached hydrogen (secondary N) is 1. The fourth-order valence-electron chi connectivity index (χ4n) is 4.33. The highest BCUT2D eigenvalue weighted by molar-refractivity contribution is 4.80. The third kappa shape index (κ3) is 5.10. The Balaban J connectivity index is 1.62. The van der Waals surface area contributed by atoms with Crippen LogP contribution < -0.4 is 5.32 Å². The van der Waals surface area contributed by atoms with Crippen LogP contribution in [0, 0.1) is 23.7 Å². The van der Waals surface area contributed by atoms with Gasteiger partial charge in [-0.25, -0.2) is 0 Å². The van der Waals surface area contributed by atoms with Crippen LogP contribution in [0.5, 0.6) is 0 Å². The molecule has 1 heteroatoms. The summed E-state index contributed by atoms with van der Waals surface area (Å²) in [6, 6.07) is 0.821. The van der Waals surface area contributed by atoms with Gasteiger partial charge in [-0.05, 0) is 55.9 Å². The van der Waals surface area contributed by atoms with Gasteiger partial charge in [0.25, 0.3) is 0 Å². The summed E-state index contributed by atoms with van der Waals surface area (Å²) in [5.41, 5.74) is 0. The second-order valence-corrected chi connectivity index (χ2v) is 7.75. The molecule has 0 aromatic heterocycles. The maximum Gasteiger partial charge on any atom is 0.00698 e. The molecule has 2 rings (SSSR count). The molecule has 0 saturated heterocycles. The lowest BCUT2D eigenvalue weighted by atomic mass is 9.79. The Hall–Kier alpha value is -0.0400. The fourth-order valence-corrected chi connectivity index (χ4v) is 4.33. The van der Waals surface area contributed by atoms with Crippen LogP contribution in [0.2, 0.25) is 0 Å². The zero-order chi connectivity index (χ0) is 13.7. The van der Waals surface area contributed by atoms with Gasteiger partial charge in [-0.3, -0.25) is 0 Å². The first-order chi connectivity index (χ1) is 9.15. The molecule has 0 aliphatic heterocycles. The molecule has 0 radical (unpaired) electrons. The van der Waals surface area contributed by atoms with E-state index in [-0.39, 0.29) is 0 Å². The van der Waals surface area contributed by atoms with E-state index in [1.165, 1.54) is 64.3 Å². The Labute approximate surface area is 120 Å². The van der Waals surface area contributed by atoms with Crippen LogP contribution >= 0.6 is 0 Å². The molecule has 0 bridgehead atoms. The number of hydrogen-bond acceptors (Lipinski definition) is 1. The van der Waals surface area contributed by atoms with Crippen LogP contribution in [0.15, 0.2) is 0 Å². The predicted molar refractivity (Wildman–Crippen MR) is 84.3 cm³/mol. The van der Waals surface area contributed by atoms with Gasteiger partial charge in [-0.2, -0.15) is 0 Å². The van der Waals surface area contributed by atoms with Crippen molar-refractivity contribution in [1.82, 2.24) is 5.32 Å². The maximum atomic E-state index is 3.87. The highest BCUT2D eigenvalue weighted by atomic mass is 14.9. The van der Waals surface area contributed by atoms with Gasteiger partial charge in [-0.15, -0.1) is 0 Å². The van der Waals surface area contributed by atoms with Crippen LogP contribution in [-0.4, -0.2) is 12.6 Å². The molecule has 19 heavy (non-hydrogen) atoms. The summed E-state index contributed by atoms with van der Waals surface area (Å²) in [6.45, 7) is 8.51. The van der Waals surface area contributed by atoms with E-state index < -0.39 is 0 Å². The number of hydrogen-bond donors (Lipinski definition) is 1. The summed E-state index contributed by atoms with van der Waals surface area (Å²) in [7, 11) is 0. The van der Waals surface area contributed by atoms with Crippen molar-refractivity contribution in [2.45, 2.75) is 84.6 Å². The molecule has 112 valence electrons. The minimum Gasteiger partial charge on any atom is -0.314 e. The van der Waals surface area contributed by atoms with Gasteiger partial charge in [-0.1, -0.05) is 52.9 Å². The van der Waals surface area contributed by atoms with Gasteiger partial charge >= 0.3 is 0 Å². The Bertz CT molecular complexity index is 248. The van der Waals surface area contributed by atoms with Crippen molar-refractivity contribution in [3.05, 3.63) is 0 Å². The average molecular weight is 265 g/mol. The summed E-state index contributed by atoms with van der Waals surface area (Å²) in [5, 5.41) is 3.87. The molecule has 2 aliphatic rings. The van der Waals surface area contributed by atoms with Crippen LogP contribution in [0.4, 0.5) is 0 Å². The van der Waals surface area contributed by atoms with Gasteiger partial charge < -0.3 is 5.32 Å². The Morgan fingerprint density at radius 2 is 1.79 bits per heavy atom.